The molecule has 0 radical (unpaired) electrons. The molecule has 1 rings (SSSR count). The monoisotopic (exact) mass is 254 g/mol. The van der Waals surface area contributed by atoms with Crippen molar-refractivity contribution in [3.8, 4) is 0 Å². The summed E-state index contributed by atoms with van der Waals surface area (Å²) < 4.78 is 0. The number of halogens is 1. The van der Waals surface area contributed by atoms with Gasteiger partial charge in [-0.05, 0) is 32.0 Å². The first-order chi connectivity index (χ1) is 8.04. The lowest BCUT2D eigenvalue weighted by Gasteiger charge is -2.13. The molecule has 1 aromatic rings. The Morgan fingerprint density at radius 3 is 2.71 bits per heavy atom. The van der Waals surface area contributed by atoms with E-state index in [-0.39, 0.29) is 11.8 Å². The normalized spacial score (nSPS) is 11.7. The predicted molar refractivity (Wildman–Crippen MR) is 67.1 cm³/mol. The number of nitrogens with one attached hydrogen (secondary N) is 2. The summed E-state index contributed by atoms with van der Waals surface area (Å²) in [6.45, 7) is 3.99. The average molecular weight is 255 g/mol. The minimum absolute atomic E-state index is 0.206. The molecule has 1 aromatic carbocycles. The van der Waals surface area contributed by atoms with Gasteiger partial charge in [-0.2, -0.15) is 0 Å². The van der Waals surface area contributed by atoms with E-state index in [1.165, 1.54) is 0 Å². The predicted octanol–water partition coefficient (Wildman–Crippen LogP) is 1.59. The van der Waals surface area contributed by atoms with Crippen LogP contribution in [-0.4, -0.2) is 24.4 Å². The van der Waals surface area contributed by atoms with Crippen molar-refractivity contribution in [3.05, 3.63) is 34.9 Å². The molecule has 0 spiro atoms. The number of likely N-dealkylation sites (N-methyl/N-ethyl adjacent to an activating group) is 1. The third-order valence-electron chi connectivity index (χ3n) is 2.18. The van der Waals surface area contributed by atoms with Gasteiger partial charge < -0.3 is 10.6 Å². The third kappa shape index (κ3) is 4.07. The van der Waals surface area contributed by atoms with E-state index in [0.29, 0.717) is 17.1 Å². The Bertz CT molecular complexity index is 421. The minimum atomic E-state index is -0.568. The van der Waals surface area contributed by atoms with Crippen LogP contribution in [0, 0.1) is 0 Å². The van der Waals surface area contributed by atoms with Crippen LogP contribution in [0.25, 0.3) is 0 Å². The molecule has 17 heavy (non-hydrogen) atoms. The van der Waals surface area contributed by atoms with Crippen LogP contribution in [-0.2, 0) is 4.79 Å². The molecule has 0 fully saturated rings. The van der Waals surface area contributed by atoms with Gasteiger partial charge in [0, 0.05) is 17.1 Å². The highest BCUT2D eigenvalue weighted by Gasteiger charge is 2.15. The molecule has 1 atom stereocenters. The van der Waals surface area contributed by atoms with Gasteiger partial charge in [0.05, 0.1) is 0 Å². The lowest BCUT2D eigenvalue weighted by atomic mass is 10.2. The van der Waals surface area contributed by atoms with Gasteiger partial charge in [0.2, 0.25) is 5.91 Å². The van der Waals surface area contributed by atoms with Crippen LogP contribution in [0.1, 0.15) is 24.2 Å². The van der Waals surface area contributed by atoms with Crippen molar-refractivity contribution in [2.75, 3.05) is 6.54 Å². The molecular formula is C12H15ClN2O2. The van der Waals surface area contributed by atoms with E-state index >= 15 is 0 Å². The molecule has 2 amide bonds. The van der Waals surface area contributed by atoms with Crippen LogP contribution in [0.3, 0.4) is 0 Å². The highest BCUT2D eigenvalue weighted by Crippen LogP contribution is 2.10. The van der Waals surface area contributed by atoms with Gasteiger partial charge in [-0.15, -0.1) is 0 Å². The van der Waals surface area contributed by atoms with Gasteiger partial charge in [-0.3, -0.25) is 9.59 Å². The van der Waals surface area contributed by atoms with Gasteiger partial charge in [-0.25, -0.2) is 0 Å². The van der Waals surface area contributed by atoms with Gasteiger partial charge in [0.25, 0.3) is 5.91 Å². The molecule has 0 aliphatic heterocycles. The highest BCUT2D eigenvalue weighted by molar-refractivity contribution is 6.30. The van der Waals surface area contributed by atoms with Crippen LogP contribution < -0.4 is 10.6 Å². The van der Waals surface area contributed by atoms with Crippen molar-refractivity contribution in [3.63, 3.8) is 0 Å². The second kappa shape index (κ2) is 6.25. The van der Waals surface area contributed by atoms with Gasteiger partial charge in [0.1, 0.15) is 6.04 Å². The highest BCUT2D eigenvalue weighted by atomic mass is 35.5. The summed E-state index contributed by atoms with van der Waals surface area (Å²) in [7, 11) is 0. The number of rotatable bonds is 4. The molecule has 0 aliphatic rings. The fourth-order valence-corrected chi connectivity index (χ4v) is 1.49. The molecule has 0 saturated heterocycles. The molecule has 2 N–H and O–H groups in total. The zero-order valence-corrected chi connectivity index (χ0v) is 10.5. The molecule has 0 unspecified atom stereocenters. The van der Waals surface area contributed by atoms with Crippen LogP contribution in [0.2, 0.25) is 5.02 Å². The molecule has 0 aromatic heterocycles. The number of carbonyl (C=O) groups excluding carboxylic acids is 2. The molecule has 5 heteroatoms. The number of hydrogen-bond acceptors (Lipinski definition) is 2. The zero-order chi connectivity index (χ0) is 12.8. The van der Waals surface area contributed by atoms with Crippen LogP contribution in [0.4, 0.5) is 0 Å². The number of amides is 2. The van der Waals surface area contributed by atoms with E-state index in [2.05, 4.69) is 10.6 Å². The summed E-state index contributed by atoms with van der Waals surface area (Å²) >= 11 is 5.78. The van der Waals surface area contributed by atoms with Crippen molar-refractivity contribution in [1.82, 2.24) is 10.6 Å². The van der Waals surface area contributed by atoms with Gasteiger partial charge >= 0.3 is 0 Å². The average Bonchev–Trinajstić information content (AvgIpc) is 2.29. The van der Waals surface area contributed by atoms with Crippen molar-refractivity contribution < 1.29 is 9.59 Å². The summed E-state index contributed by atoms with van der Waals surface area (Å²) in [6.07, 6.45) is 0. The molecule has 0 bridgehead atoms. The smallest absolute Gasteiger partial charge is 0.251 e. The van der Waals surface area contributed by atoms with Gasteiger partial charge in [-0.1, -0.05) is 17.7 Å². The summed E-state index contributed by atoms with van der Waals surface area (Å²) in [5, 5.41) is 5.72. The number of carbonyl (C=O) groups is 2. The Morgan fingerprint density at radius 2 is 2.12 bits per heavy atom. The lowest BCUT2D eigenvalue weighted by molar-refractivity contribution is -0.122. The van der Waals surface area contributed by atoms with E-state index in [1.807, 2.05) is 6.92 Å². The fourth-order valence-electron chi connectivity index (χ4n) is 1.30. The summed E-state index contributed by atoms with van der Waals surface area (Å²) in [6, 6.07) is 6.01. The van der Waals surface area contributed by atoms with Crippen molar-refractivity contribution in [1.29, 1.82) is 0 Å². The number of benzene rings is 1. The largest absolute Gasteiger partial charge is 0.355 e. The maximum absolute atomic E-state index is 11.8. The van der Waals surface area contributed by atoms with E-state index in [4.69, 9.17) is 11.6 Å². The standard InChI is InChI=1S/C12H15ClN2O2/c1-3-14-11(16)8(2)15-12(17)9-5-4-6-10(13)7-9/h4-8H,3H2,1-2H3,(H,14,16)(H,15,17)/t8-/m1/s1. The Labute approximate surface area is 105 Å². The molecule has 0 aliphatic carbocycles. The molecule has 0 saturated carbocycles. The maximum Gasteiger partial charge on any atom is 0.251 e. The maximum atomic E-state index is 11.8. The Balaban J connectivity index is 2.63. The Hall–Kier alpha value is -1.55. The second-order valence-corrected chi connectivity index (χ2v) is 4.04. The van der Waals surface area contributed by atoms with E-state index < -0.39 is 6.04 Å². The van der Waals surface area contributed by atoms with Gasteiger partial charge in [0.15, 0.2) is 0 Å². The topological polar surface area (TPSA) is 58.2 Å². The first kappa shape index (κ1) is 13.5. The molecule has 4 nitrogen and oxygen atoms in total. The minimum Gasteiger partial charge on any atom is -0.355 e. The molecule has 92 valence electrons. The first-order valence-electron chi connectivity index (χ1n) is 5.38. The van der Waals surface area contributed by atoms with E-state index in [9.17, 15) is 9.59 Å². The second-order valence-electron chi connectivity index (χ2n) is 3.60. The summed E-state index contributed by atoms with van der Waals surface area (Å²) in [4.78, 5) is 23.2. The molecular weight excluding hydrogens is 240 g/mol. The van der Waals surface area contributed by atoms with Crippen LogP contribution in [0.15, 0.2) is 24.3 Å². The Morgan fingerprint density at radius 1 is 1.41 bits per heavy atom. The van der Waals surface area contributed by atoms with Crippen molar-refractivity contribution >= 4 is 23.4 Å². The van der Waals surface area contributed by atoms with E-state index in [1.54, 1.807) is 31.2 Å². The quantitative estimate of drug-likeness (QED) is 0.857. The summed E-state index contributed by atoms with van der Waals surface area (Å²) in [5.41, 5.74) is 0.439. The summed E-state index contributed by atoms with van der Waals surface area (Å²) in [5.74, 6) is -0.519. The van der Waals surface area contributed by atoms with E-state index in [0.717, 1.165) is 0 Å². The molecule has 0 heterocycles. The number of hydrogen-bond donors (Lipinski definition) is 2. The fraction of sp³-hybridized carbons (Fsp3) is 0.333. The van der Waals surface area contributed by atoms with Crippen LogP contribution in [0.5, 0.6) is 0 Å². The van der Waals surface area contributed by atoms with Crippen LogP contribution >= 0.6 is 11.6 Å². The third-order valence-corrected chi connectivity index (χ3v) is 2.41. The van der Waals surface area contributed by atoms with Crippen molar-refractivity contribution in [2.45, 2.75) is 19.9 Å². The Kier molecular flexibility index (Phi) is 4.97. The lowest BCUT2D eigenvalue weighted by Crippen LogP contribution is -2.44. The zero-order valence-electron chi connectivity index (χ0n) is 9.79. The first-order valence-corrected chi connectivity index (χ1v) is 5.76. The van der Waals surface area contributed by atoms with Crippen molar-refractivity contribution in [2.24, 2.45) is 0 Å². The SMILES string of the molecule is CCNC(=O)[C@@H](C)NC(=O)c1cccc(Cl)c1.